The Hall–Kier alpha value is -1.63. The molecule has 4 rings (SSSR count). The second kappa shape index (κ2) is 10.7. The van der Waals surface area contributed by atoms with E-state index in [9.17, 15) is 9.59 Å². The number of hydrogen-bond acceptors (Lipinski definition) is 4. The van der Waals surface area contributed by atoms with Crippen LogP contribution < -0.4 is 5.73 Å². The number of benzene rings is 1. The zero-order valence-corrected chi connectivity index (χ0v) is 20.8. The molecule has 1 aromatic rings. The first-order valence-corrected chi connectivity index (χ1v) is 13.0. The molecule has 33 heavy (non-hydrogen) atoms. The molecule has 1 saturated carbocycles. The van der Waals surface area contributed by atoms with Crippen molar-refractivity contribution in [2.24, 2.45) is 11.7 Å². The number of nitrogens with zero attached hydrogens (tertiary/aromatic N) is 2. The average Bonchev–Trinajstić information content (AvgIpc) is 3.32. The third-order valence-electron chi connectivity index (χ3n) is 7.84. The molecule has 3 atom stereocenters. The number of nitrogens with two attached hydrogens (primary N) is 1. The molecule has 1 aliphatic carbocycles. The van der Waals surface area contributed by atoms with Gasteiger partial charge in [0.1, 0.15) is 0 Å². The minimum absolute atomic E-state index is 0.188. The number of piperazine rings is 1. The highest BCUT2D eigenvalue weighted by atomic mass is 35.5. The molecule has 0 aromatic heterocycles. The number of carbonyl (C=O) groups is 2. The summed E-state index contributed by atoms with van der Waals surface area (Å²) < 4.78 is 5.94. The van der Waals surface area contributed by atoms with Gasteiger partial charge >= 0.3 is 0 Å². The first kappa shape index (κ1) is 24.5. The van der Waals surface area contributed by atoms with Crippen LogP contribution >= 0.6 is 11.6 Å². The molecule has 0 radical (unpaired) electrons. The summed E-state index contributed by atoms with van der Waals surface area (Å²) in [6, 6.07) is 4.08. The van der Waals surface area contributed by atoms with Crippen molar-refractivity contribution in [1.29, 1.82) is 0 Å². The van der Waals surface area contributed by atoms with Crippen LogP contribution in [0.1, 0.15) is 74.5 Å². The van der Waals surface area contributed by atoms with Crippen LogP contribution in [0.4, 0.5) is 0 Å². The molecule has 2 heterocycles. The van der Waals surface area contributed by atoms with Crippen molar-refractivity contribution < 1.29 is 14.3 Å². The third-order valence-corrected chi connectivity index (χ3v) is 8.06. The summed E-state index contributed by atoms with van der Waals surface area (Å²) in [6.07, 6.45) is 7.16. The first-order chi connectivity index (χ1) is 15.8. The van der Waals surface area contributed by atoms with Gasteiger partial charge in [0.05, 0.1) is 12.0 Å². The van der Waals surface area contributed by atoms with Gasteiger partial charge in [-0.15, -0.1) is 0 Å². The van der Waals surface area contributed by atoms with Crippen molar-refractivity contribution in [3.05, 3.63) is 33.8 Å². The van der Waals surface area contributed by atoms with Crippen molar-refractivity contribution in [2.45, 2.75) is 83.4 Å². The number of ether oxygens (including phenoxy) is 1. The first-order valence-electron chi connectivity index (χ1n) is 12.6. The molecule has 3 fully saturated rings. The van der Waals surface area contributed by atoms with Gasteiger partial charge in [-0.2, -0.15) is 0 Å². The van der Waals surface area contributed by atoms with E-state index in [0.29, 0.717) is 17.5 Å². The zero-order valence-electron chi connectivity index (χ0n) is 20.0. The average molecular weight is 476 g/mol. The molecule has 182 valence electrons. The third kappa shape index (κ3) is 5.55. The highest BCUT2D eigenvalue weighted by Gasteiger charge is 2.35. The van der Waals surface area contributed by atoms with E-state index in [0.717, 1.165) is 75.0 Å². The lowest BCUT2D eigenvalue weighted by Gasteiger charge is -2.41. The Morgan fingerprint density at radius 1 is 1.15 bits per heavy atom. The highest BCUT2D eigenvalue weighted by Crippen LogP contribution is 2.34. The van der Waals surface area contributed by atoms with Gasteiger partial charge in [-0.1, -0.05) is 24.4 Å². The topological polar surface area (TPSA) is 75.9 Å². The summed E-state index contributed by atoms with van der Waals surface area (Å²) in [5.74, 6) is -0.268. The summed E-state index contributed by atoms with van der Waals surface area (Å²) in [6.45, 7) is 8.07. The van der Waals surface area contributed by atoms with E-state index < -0.39 is 5.92 Å². The molecular formula is C26H38ClN3O3. The Morgan fingerprint density at radius 2 is 1.88 bits per heavy atom. The summed E-state index contributed by atoms with van der Waals surface area (Å²) in [5.41, 5.74) is 8.92. The van der Waals surface area contributed by atoms with Crippen molar-refractivity contribution in [1.82, 2.24) is 9.80 Å². The van der Waals surface area contributed by atoms with Gasteiger partial charge in [0.15, 0.2) is 0 Å². The van der Waals surface area contributed by atoms with Crippen LogP contribution in [0, 0.1) is 12.8 Å². The Labute approximate surface area is 202 Å². The predicted octanol–water partition coefficient (Wildman–Crippen LogP) is 4.01. The van der Waals surface area contributed by atoms with Crippen LogP contribution in [-0.4, -0.2) is 60.0 Å². The molecule has 2 aliphatic heterocycles. The number of amides is 2. The molecule has 2 saturated heterocycles. The van der Waals surface area contributed by atoms with E-state index in [1.54, 1.807) is 0 Å². The second-order valence-corrected chi connectivity index (χ2v) is 10.6. The molecule has 3 aliphatic rings. The molecule has 0 bridgehead atoms. The fourth-order valence-electron chi connectivity index (χ4n) is 5.96. The maximum absolute atomic E-state index is 12.9. The van der Waals surface area contributed by atoms with E-state index in [4.69, 9.17) is 22.1 Å². The Morgan fingerprint density at radius 3 is 2.52 bits per heavy atom. The fraction of sp³-hybridized carbons (Fsp3) is 0.692. The Bertz CT molecular complexity index is 865. The molecule has 2 N–H and O–H groups in total. The lowest BCUT2D eigenvalue weighted by molar-refractivity contribution is -0.140. The van der Waals surface area contributed by atoms with Gasteiger partial charge in [-0.05, 0) is 74.8 Å². The summed E-state index contributed by atoms with van der Waals surface area (Å²) in [7, 11) is 0. The van der Waals surface area contributed by atoms with Crippen molar-refractivity contribution in [2.75, 3.05) is 26.2 Å². The van der Waals surface area contributed by atoms with Gasteiger partial charge in [0.25, 0.3) is 0 Å². The van der Waals surface area contributed by atoms with E-state index in [-0.39, 0.29) is 24.0 Å². The molecule has 2 amide bonds. The number of hydrogen-bond donors (Lipinski definition) is 1. The van der Waals surface area contributed by atoms with E-state index >= 15 is 0 Å². The molecule has 6 nitrogen and oxygen atoms in total. The Kier molecular flexibility index (Phi) is 7.98. The standard InChI is InChI=1S/C26H38ClN3O3/c1-17-15-29(10-11-30(17)26(32)19-7-3-4-8-19)16-20-13-21(27)14-22(18(20)2)24(25(28)31)23-9-5-6-12-33-23/h13-14,17,19,23-24H,3-12,15-16H2,1-2H3,(H2,28,31)/t17-,23?,24?/m0/s1. The maximum Gasteiger partial charge on any atom is 0.227 e. The smallest absolute Gasteiger partial charge is 0.227 e. The fourth-order valence-corrected chi connectivity index (χ4v) is 6.21. The van der Waals surface area contributed by atoms with E-state index in [2.05, 4.69) is 23.6 Å². The van der Waals surface area contributed by atoms with Crippen LogP contribution in [0.2, 0.25) is 5.02 Å². The maximum atomic E-state index is 12.9. The SMILES string of the molecule is Cc1c(CN2CCN(C(=O)C3CCCC3)[C@@H](C)C2)cc(Cl)cc1C(C(N)=O)C1CCCCO1. The van der Waals surface area contributed by atoms with Crippen molar-refractivity contribution in [3.63, 3.8) is 0 Å². The van der Waals surface area contributed by atoms with Crippen LogP contribution in [0.3, 0.4) is 0 Å². The second-order valence-electron chi connectivity index (χ2n) is 10.2. The molecular weight excluding hydrogens is 438 g/mol. The summed E-state index contributed by atoms with van der Waals surface area (Å²) >= 11 is 6.53. The lowest BCUT2D eigenvalue weighted by Crippen LogP contribution is -2.54. The summed E-state index contributed by atoms with van der Waals surface area (Å²) in [4.78, 5) is 29.9. The monoisotopic (exact) mass is 475 g/mol. The van der Waals surface area contributed by atoms with E-state index in [1.165, 1.54) is 12.8 Å². The zero-order chi connectivity index (χ0) is 23.5. The largest absolute Gasteiger partial charge is 0.377 e. The number of halogens is 1. The summed E-state index contributed by atoms with van der Waals surface area (Å²) in [5, 5.41) is 0.621. The predicted molar refractivity (Wildman–Crippen MR) is 130 cm³/mol. The van der Waals surface area contributed by atoms with Crippen molar-refractivity contribution >= 4 is 23.4 Å². The van der Waals surface area contributed by atoms with Gasteiger partial charge < -0.3 is 15.4 Å². The number of rotatable bonds is 6. The van der Waals surface area contributed by atoms with Crippen LogP contribution in [0.25, 0.3) is 0 Å². The minimum Gasteiger partial charge on any atom is -0.377 e. The number of primary amides is 1. The van der Waals surface area contributed by atoms with Gasteiger partial charge in [0, 0.05) is 49.8 Å². The van der Waals surface area contributed by atoms with Crippen LogP contribution in [-0.2, 0) is 20.9 Å². The van der Waals surface area contributed by atoms with Gasteiger partial charge in [0.2, 0.25) is 11.8 Å². The van der Waals surface area contributed by atoms with Gasteiger partial charge in [-0.25, -0.2) is 0 Å². The lowest BCUT2D eigenvalue weighted by atomic mass is 9.84. The molecule has 7 heteroatoms. The normalized spacial score (nSPS) is 25.8. The van der Waals surface area contributed by atoms with Crippen molar-refractivity contribution in [3.8, 4) is 0 Å². The minimum atomic E-state index is -0.484. The Balaban J connectivity index is 1.48. The van der Waals surface area contributed by atoms with Crippen LogP contribution in [0.15, 0.2) is 12.1 Å². The van der Waals surface area contributed by atoms with Gasteiger partial charge in [-0.3, -0.25) is 14.5 Å². The van der Waals surface area contributed by atoms with Crippen LogP contribution in [0.5, 0.6) is 0 Å². The quantitative estimate of drug-likeness (QED) is 0.674. The molecule has 2 unspecified atom stereocenters. The number of carbonyl (C=O) groups excluding carboxylic acids is 2. The molecule has 1 aromatic carbocycles. The highest BCUT2D eigenvalue weighted by molar-refractivity contribution is 6.30. The van der Waals surface area contributed by atoms with E-state index in [1.807, 2.05) is 12.1 Å². The molecule has 0 spiro atoms.